The Balaban J connectivity index is 1.48. The fourth-order valence-electron chi connectivity index (χ4n) is 4.02. The molecule has 27 heavy (non-hydrogen) atoms. The Bertz CT molecular complexity index is 771. The molecule has 1 unspecified atom stereocenters. The zero-order valence-electron chi connectivity index (χ0n) is 15.4. The minimum atomic E-state index is -0.140. The molecule has 4 rings (SSSR count). The number of halogens is 1. The number of nitrogens with zero attached hydrogens (tertiary/aromatic N) is 3. The molecule has 1 aromatic carbocycles. The first kappa shape index (κ1) is 18.5. The number of urea groups is 1. The summed E-state index contributed by atoms with van der Waals surface area (Å²) in [6.45, 7) is 0.735. The van der Waals surface area contributed by atoms with Gasteiger partial charge in [0.2, 0.25) is 11.7 Å². The third-order valence-corrected chi connectivity index (χ3v) is 6.05. The molecule has 7 heteroatoms. The average Bonchev–Trinajstić information content (AvgIpc) is 3.19. The zero-order valence-corrected chi connectivity index (χ0v) is 17.0. The molecule has 144 valence electrons. The quantitative estimate of drug-likeness (QED) is 0.734. The highest BCUT2D eigenvalue weighted by Crippen LogP contribution is 2.31. The maximum Gasteiger partial charge on any atom is 0.318 e. The van der Waals surface area contributed by atoms with E-state index in [1.165, 1.54) is 19.3 Å². The van der Waals surface area contributed by atoms with Crippen molar-refractivity contribution in [1.82, 2.24) is 20.4 Å². The second-order valence-electron chi connectivity index (χ2n) is 7.45. The standard InChI is InChI=1S/C20H25BrN4O2/c21-15-11-9-14(10-12-15)18-23-19(27-24-18)17-8-4-5-13-25(17)20(26)22-16-6-2-1-3-7-16/h9-12,16-17H,1-8,13H2,(H,22,26). The number of likely N-dealkylation sites (tertiary alicyclic amines) is 1. The molecule has 2 aromatic rings. The maximum absolute atomic E-state index is 12.9. The van der Waals surface area contributed by atoms with Crippen molar-refractivity contribution in [1.29, 1.82) is 0 Å². The van der Waals surface area contributed by atoms with E-state index < -0.39 is 0 Å². The predicted molar refractivity (Wildman–Crippen MR) is 106 cm³/mol. The molecule has 2 heterocycles. The van der Waals surface area contributed by atoms with Gasteiger partial charge in [-0.05, 0) is 56.4 Å². The molecule has 0 bridgehead atoms. The first-order valence-electron chi connectivity index (χ1n) is 9.87. The van der Waals surface area contributed by atoms with Crippen LogP contribution in [0.5, 0.6) is 0 Å². The lowest BCUT2D eigenvalue weighted by molar-refractivity contribution is 0.127. The molecule has 2 fully saturated rings. The number of nitrogens with one attached hydrogen (secondary N) is 1. The first-order chi connectivity index (χ1) is 13.2. The summed E-state index contributed by atoms with van der Waals surface area (Å²) < 4.78 is 6.57. The van der Waals surface area contributed by atoms with E-state index in [1.54, 1.807) is 0 Å². The smallest absolute Gasteiger partial charge is 0.318 e. The van der Waals surface area contributed by atoms with E-state index in [2.05, 4.69) is 31.4 Å². The molecule has 1 aliphatic carbocycles. The number of carbonyl (C=O) groups excluding carboxylic acids is 1. The molecule has 0 spiro atoms. The van der Waals surface area contributed by atoms with Gasteiger partial charge in [-0.1, -0.05) is 40.3 Å². The van der Waals surface area contributed by atoms with Gasteiger partial charge in [0.05, 0.1) is 0 Å². The van der Waals surface area contributed by atoms with E-state index in [0.29, 0.717) is 17.8 Å². The number of carbonyl (C=O) groups is 1. The van der Waals surface area contributed by atoms with Gasteiger partial charge in [0.1, 0.15) is 6.04 Å². The monoisotopic (exact) mass is 432 g/mol. The largest absolute Gasteiger partial charge is 0.337 e. The summed E-state index contributed by atoms with van der Waals surface area (Å²) in [4.78, 5) is 19.4. The zero-order chi connectivity index (χ0) is 18.6. The van der Waals surface area contributed by atoms with Crippen LogP contribution in [0.25, 0.3) is 11.4 Å². The van der Waals surface area contributed by atoms with Gasteiger partial charge < -0.3 is 14.7 Å². The van der Waals surface area contributed by atoms with Crippen molar-refractivity contribution in [3.8, 4) is 11.4 Å². The van der Waals surface area contributed by atoms with Crippen molar-refractivity contribution in [3.05, 3.63) is 34.6 Å². The van der Waals surface area contributed by atoms with E-state index in [4.69, 9.17) is 4.52 Å². The lowest BCUT2D eigenvalue weighted by Gasteiger charge is -2.35. The second-order valence-corrected chi connectivity index (χ2v) is 8.37. The van der Waals surface area contributed by atoms with Gasteiger partial charge in [0, 0.05) is 22.6 Å². The minimum Gasteiger partial charge on any atom is -0.337 e. The number of rotatable bonds is 3. The summed E-state index contributed by atoms with van der Waals surface area (Å²) in [7, 11) is 0. The molecule has 1 aliphatic heterocycles. The molecule has 1 aromatic heterocycles. The van der Waals surface area contributed by atoms with Crippen molar-refractivity contribution in [2.75, 3.05) is 6.54 Å². The molecule has 1 saturated carbocycles. The Morgan fingerprint density at radius 1 is 1.07 bits per heavy atom. The number of hydrogen-bond donors (Lipinski definition) is 1. The lowest BCUT2D eigenvalue weighted by atomic mass is 9.95. The van der Waals surface area contributed by atoms with E-state index >= 15 is 0 Å². The van der Waals surface area contributed by atoms with Crippen LogP contribution < -0.4 is 5.32 Å². The van der Waals surface area contributed by atoms with Crippen LogP contribution in [0.4, 0.5) is 4.79 Å². The summed E-state index contributed by atoms with van der Waals surface area (Å²) in [5, 5.41) is 7.37. The maximum atomic E-state index is 12.9. The number of benzene rings is 1. The highest BCUT2D eigenvalue weighted by atomic mass is 79.9. The molecular weight excluding hydrogens is 408 g/mol. The van der Waals surface area contributed by atoms with Crippen LogP contribution in [0.2, 0.25) is 0 Å². The highest BCUT2D eigenvalue weighted by molar-refractivity contribution is 9.10. The SMILES string of the molecule is O=C(NC1CCCCC1)N1CCCCC1c1nc(-c2ccc(Br)cc2)no1. The van der Waals surface area contributed by atoms with Gasteiger partial charge in [0.15, 0.2) is 0 Å². The lowest BCUT2D eigenvalue weighted by Crippen LogP contribution is -2.48. The molecule has 1 N–H and O–H groups in total. The Kier molecular flexibility index (Phi) is 5.76. The van der Waals surface area contributed by atoms with Crippen LogP contribution in [0.3, 0.4) is 0 Å². The van der Waals surface area contributed by atoms with Gasteiger partial charge in [-0.25, -0.2) is 4.79 Å². The van der Waals surface area contributed by atoms with Crippen LogP contribution in [-0.4, -0.2) is 33.7 Å². The Morgan fingerprint density at radius 3 is 2.59 bits per heavy atom. The third kappa shape index (κ3) is 4.34. The van der Waals surface area contributed by atoms with Crippen LogP contribution in [0.1, 0.15) is 63.3 Å². The van der Waals surface area contributed by atoms with Crippen molar-refractivity contribution >= 4 is 22.0 Å². The summed E-state index contributed by atoms with van der Waals surface area (Å²) in [6.07, 6.45) is 8.79. The van der Waals surface area contributed by atoms with Gasteiger partial charge in [-0.2, -0.15) is 4.98 Å². The molecular formula is C20H25BrN4O2. The van der Waals surface area contributed by atoms with Gasteiger partial charge in [-0.15, -0.1) is 0 Å². The Labute approximate surface area is 167 Å². The summed E-state index contributed by atoms with van der Waals surface area (Å²) >= 11 is 3.43. The van der Waals surface area contributed by atoms with Gasteiger partial charge >= 0.3 is 6.03 Å². The van der Waals surface area contributed by atoms with Crippen LogP contribution in [0.15, 0.2) is 33.3 Å². The number of piperidine rings is 1. The highest BCUT2D eigenvalue weighted by Gasteiger charge is 2.33. The normalized spacial score (nSPS) is 21.2. The first-order valence-corrected chi connectivity index (χ1v) is 10.7. The summed E-state index contributed by atoms with van der Waals surface area (Å²) in [5.74, 6) is 1.10. The second kappa shape index (κ2) is 8.42. The van der Waals surface area contributed by atoms with Gasteiger partial charge in [0.25, 0.3) is 0 Å². The predicted octanol–water partition coefficient (Wildman–Crippen LogP) is 5.07. The van der Waals surface area contributed by atoms with E-state index in [0.717, 1.165) is 48.7 Å². The van der Waals surface area contributed by atoms with E-state index in [9.17, 15) is 4.79 Å². The van der Waals surface area contributed by atoms with Crippen molar-refractivity contribution in [3.63, 3.8) is 0 Å². The van der Waals surface area contributed by atoms with Crippen molar-refractivity contribution in [2.24, 2.45) is 0 Å². The molecule has 1 saturated heterocycles. The van der Waals surface area contributed by atoms with Crippen LogP contribution in [-0.2, 0) is 0 Å². The minimum absolute atomic E-state index is 0.00925. The summed E-state index contributed by atoms with van der Waals surface area (Å²) in [6, 6.07) is 7.98. The van der Waals surface area contributed by atoms with E-state index in [1.807, 2.05) is 29.2 Å². The van der Waals surface area contributed by atoms with E-state index in [-0.39, 0.29) is 12.1 Å². The number of hydrogen-bond acceptors (Lipinski definition) is 4. The van der Waals surface area contributed by atoms with Gasteiger partial charge in [-0.3, -0.25) is 0 Å². The molecule has 2 aliphatic rings. The number of amides is 2. The fourth-order valence-corrected chi connectivity index (χ4v) is 4.29. The average molecular weight is 433 g/mol. The number of aromatic nitrogens is 2. The molecule has 6 nitrogen and oxygen atoms in total. The molecule has 0 radical (unpaired) electrons. The Morgan fingerprint density at radius 2 is 1.81 bits per heavy atom. The van der Waals surface area contributed by atoms with Crippen LogP contribution in [0, 0.1) is 0 Å². The Hall–Kier alpha value is -1.89. The fraction of sp³-hybridized carbons (Fsp3) is 0.550. The third-order valence-electron chi connectivity index (χ3n) is 5.53. The topological polar surface area (TPSA) is 71.3 Å². The summed E-state index contributed by atoms with van der Waals surface area (Å²) in [5.41, 5.74) is 0.905. The molecule has 1 atom stereocenters. The van der Waals surface area contributed by atoms with Crippen LogP contribution >= 0.6 is 15.9 Å². The molecule has 2 amide bonds. The van der Waals surface area contributed by atoms with Crippen molar-refractivity contribution in [2.45, 2.75) is 63.5 Å². The van der Waals surface area contributed by atoms with Crippen molar-refractivity contribution < 1.29 is 9.32 Å².